The molecule has 0 atom stereocenters. The standard InChI is InChI=1S/C27H31N3O4S/c1-22-7-13-25(14-8-22)30(35(32,33)26-5-3-2-4-6-26)21-27(31)28-19-23-9-11-24(12-10-23)20-29-15-17-34-18-16-29/h2-14H,15-21H2,1H3,(H,28,31). The lowest BCUT2D eigenvalue weighted by Crippen LogP contribution is -2.40. The highest BCUT2D eigenvalue weighted by Gasteiger charge is 2.27. The molecule has 3 aromatic carbocycles. The van der Waals surface area contributed by atoms with Gasteiger partial charge in [0.2, 0.25) is 5.91 Å². The molecule has 1 saturated heterocycles. The van der Waals surface area contributed by atoms with Crippen LogP contribution in [0.1, 0.15) is 16.7 Å². The summed E-state index contributed by atoms with van der Waals surface area (Å²) in [7, 11) is -3.91. The summed E-state index contributed by atoms with van der Waals surface area (Å²) in [5, 5.41) is 2.86. The maximum Gasteiger partial charge on any atom is 0.264 e. The fourth-order valence-electron chi connectivity index (χ4n) is 3.91. The third-order valence-corrected chi connectivity index (χ3v) is 7.75. The molecule has 0 saturated carbocycles. The second kappa shape index (κ2) is 11.5. The number of carbonyl (C=O) groups is 1. The lowest BCUT2D eigenvalue weighted by Gasteiger charge is -2.26. The molecule has 35 heavy (non-hydrogen) atoms. The van der Waals surface area contributed by atoms with E-state index in [4.69, 9.17) is 4.74 Å². The molecule has 0 aliphatic carbocycles. The summed E-state index contributed by atoms with van der Waals surface area (Å²) in [6.07, 6.45) is 0. The van der Waals surface area contributed by atoms with Gasteiger partial charge in [0.05, 0.1) is 23.8 Å². The number of hydrogen-bond donors (Lipinski definition) is 1. The first kappa shape index (κ1) is 24.9. The molecule has 0 aromatic heterocycles. The van der Waals surface area contributed by atoms with E-state index < -0.39 is 10.0 Å². The van der Waals surface area contributed by atoms with Gasteiger partial charge >= 0.3 is 0 Å². The molecule has 7 nitrogen and oxygen atoms in total. The fraction of sp³-hybridized carbons (Fsp3) is 0.296. The molecule has 0 radical (unpaired) electrons. The SMILES string of the molecule is Cc1ccc(N(CC(=O)NCc2ccc(CN3CCOCC3)cc2)S(=O)(=O)c2ccccc2)cc1. The smallest absolute Gasteiger partial charge is 0.264 e. The summed E-state index contributed by atoms with van der Waals surface area (Å²) >= 11 is 0. The van der Waals surface area contributed by atoms with E-state index in [0.29, 0.717) is 12.2 Å². The normalized spacial score (nSPS) is 14.4. The molecular weight excluding hydrogens is 462 g/mol. The van der Waals surface area contributed by atoms with Crippen LogP contribution in [0.3, 0.4) is 0 Å². The van der Waals surface area contributed by atoms with E-state index in [0.717, 1.165) is 48.3 Å². The number of carbonyl (C=O) groups excluding carboxylic acids is 1. The van der Waals surface area contributed by atoms with E-state index >= 15 is 0 Å². The number of nitrogens with one attached hydrogen (secondary N) is 1. The van der Waals surface area contributed by atoms with Crippen LogP contribution in [-0.4, -0.2) is 52.1 Å². The van der Waals surface area contributed by atoms with Gasteiger partial charge in [0.15, 0.2) is 0 Å². The van der Waals surface area contributed by atoms with Crippen molar-refractivity contribution in [2.45, 2.75) is 24.9 Å². The number of sulfonamides is 1. The number of anilines is 1. The maximum absolute atomic E-state index is 13.4. The predicted octanol–water partition coefficient (Wildman–Crippen LogP) is 3.34. The number of ether oxygens (including phenoxy) is 1. The minimum Gasteiger partial charge on any atom is -0.379 e. The van der Waals surface area contributed by atoms with Gasteiger partial charge in [-0.25, -0.2) is 8.42 Å². The molecule has 3 aromatic rings. The maximum atomic E-state index is 13.4. The Morgan fingerprint density at radius 1 is 0.914 bits per heavy atom. The summed E-state index contributed by atoms with van der Waals surface area (Å²) in [4.78, 5) is 15.3. The summed E-state index contributed by atoms with van der Waals surface area (Å²) < 4.78 is 33.3. The van der Waals surface area contributed by atoms with E-state index in [1.54, 1.807) is 30.3 Å². The number of morpholine rings is 1. The van der Waals surface area contributed by atoms with Crippen LogP contribution in [0.2, 0.25) is 0 Å². The Labute approximate surface area is 207 Å². The number of aryl methyl sites for hydroxylation is 1. The van der Waals surface area contributed by atoms with Crippen molar-refractivity contribution in [1.82, 2.24) is 10.2 Å². The Kier molecular flexibility index (Phi) is 8.17. The van der Waals surface area contributed by atoms with Crippen LogP contribution in [0.15, 0.2) is 83.8 Å². The lowest BCUT2D eigenvalue weighted by atomic mass is 10.1. The number of rotatable bonds is 9. The van der Waals surface area contributed by atoms with Crippen LogP contribution in [0.25, 0.3) is 0 Å². The molecule has 1 N–H and O–H groups in total. The van der Waals surface area contributed by atoms with Gasteiger partial charge in [0.1, 0.15) is 6.54 Å². The zero-order chi connectivity index (χ0) is 24.7. The number of hydrogen-bond acceptors (Lipinski definition) is 5. The number of amides is 1. The van der Waals surface area contributed by atoms with Crippen LogP contribution in [0.4, 0.5) is 5.69 Å². The van der Waals surface area contributed by atoms with Crippen molar-refractivity contribution in [3.8, 4) is 0 Å². The fourth-order valence-corrected chi connectivity index (χ4v) is 5.35. The van der Waals surface area contributed by atoms with Crippen molar-refractivity contribution in [2.75, 3.05) is 37.2 Å². The Hall–Kier alpha value is -3.20. The molecule has 8 heteroatoms. The van der Waals surface area contributed by atoms with Gasteiger partial charge in [-0.15, -0.1) is 0 Å². The minimum atomic E-state index is -3.91. The highest BCUT2D eigenvalue weighted by atomic mass is 32.2. The quantitative estimate of drug-likeness (QED) is 0.495. The van der Waals surface area contributed by atoms with Crippen LogP contribution in [-0.2, 0) is 32.6 Å². The lowest BCUT2D eigenvalue weighted by molar-refractivity contribution is -0.119. The van der Waals surface area contributed by atoms with E-state index in [9.17, 15) is 13.2 Å². The third kappa shape index (κ3) is 6.69. The Morgan fingerprint density at radius 2 is 1.54 bits per heavy atom. The van der Waals surface area contributed by atoms with Gasteiger partial charge in [-0.2, -0.15) is 0 Å². The average molecular weight is 494 g/mol. The second-order valence-corrected chi connectivity index (χ2v) is 10.5. The predicted molar refractivity (Wildman–Crippen MR) is 137 cm³/mol. The highest BCUT2D eigenvalue weighted by molar-refractivity contribution is 7.92. The van der Waals surface area contributed by atoms with Crippen molar-refractivity contribution in [2.24, 2.45) is 0 Å². The molecule has 1 aliphatic rings. The first-order chi connectivity index (χ1) is 16.9. The first-order valence-corrected chi connectivity index (χ1v) is 13.1. The van der Waals surface area contributed by atoms with E-state index in [1.165, 1.54) is 17.7 Å². The van der Waals surface area contributed by atoms with Gasteiger partial charge in [0.25, 0.3) is 10.0 Å². The molecule has 0 spiro atoms. The molecule has 1 fully saturated rings. The van der Waals surface area contributed by atoms with Gasteiger partial charge in [-0.1, -0.05) is 60.2 Å². The monoisotopic (exact) mass is 493 g/mol. The van der Waals surface area contributed by atoms with Crippen LogP contribution in [0, 0.1) is 6.92 Å². The van der Waals surface area contributed by atoms with Crippen molar-refractivity contribution in [1.29, 1.82) is 0 Å². The van der Waals surface area contributed by atoms with Crippen LogP contribution >= 0.6 is 0 Å². The topological polar surface area (TPSA) is 79.0 Å². The summed E-state index contributed by atoms with van der Waals surface area (Å²) in [5.74, 6) is -0.373. The zero-order valence-corrected chi connectivity index (χ0v) is 20.7. The number of benzene rings is 3. The van der Waals surface area contributed by atoms with E-state index in [2.05, 4.69) is 22.3 Å². The van der Waals surface area contributed by atoms with Crippen molar-refractivity contribution in [3.63, 3.8) is 0 Å². The molecule has 1 aliphatic heterocycles. The van der Waals surface area contributed by atoms with Crippen LogP contribution < -0.4 is 9.62 Å². The molecular formula is C27H31N3O4S. The molecule has 184 valence electrons. The van der Waals surface area contributed by atoms with Gasteiger partial charge in [0, 0.05) is 26.2 Å². The second-order valence-electron chi connectivity index (χ2n) is 8.64. The molecule has 0 unspecified atom stereocenters. The Balaban J connectivity index is 1.41. The summed E-state index contributed by atoms with van der Waals surface area (Å²) in [6.45, 7) is 6.21. The summed E-state index contributed by atoms with van der Waals surface area (Å²) in [5.41, 5.74) is 3.62. The molecule has 0 bridgehead atoms. The highest BCUT2D eigenvalue weighted by Crippen LogP contribution is 2.24. The molecule has 1 heterocycles. The van der Waals surface area contributed by atoms with Crippen molar-refractivity contribution in [3.05, 3.63) is 95.6 Å². The summed E-state index contributed by atoms with van der Waals surface area (Å²) in [6, 6.07) is 23.4. The Bertz CT molecular complexity index is 1210. The van der Waals surface area contributed by atoms with Gasteiger partial charge in [-0.05, 0) is 42.3 Å². The third-order valence-electron chi connectivity index (χ3n) is 5.96. The average Bonchev–Trinajstić information content (AvgIpc) is 2.88. The first-order valence-electron chi connectivity index (χ1n) is 11.7. The van der Waals surface area contributed by atoms with E-state index in [1.807, 2.05) is 31.2 Å². The Morgan fingerprint density at radius 3 is 2.20 bits per heavy atom. The van der Waals surface area contributed by atoms with Crippen molar-refractivity contribution < 1.29 is 17.9 Å². The van der Waals surface area contributed by atoms with Crippen molar-refractivity contribution >= 4 is 21.6 Å². The van der Waals surface area contributed by atoms with Crippen LogP contribution in [0.5, 0.6) is 0 Å². The van der Waals surface area contributed by atoms with Gasteiger partial charge < -0.3 is 10.1 Å². The number of nitrogens with zero attached hydrogens (tertiary/aromatic N) is 2. The molecule has 4 rings (SSSR count). The molecule has 1 amide bonds. The van der Waals surface area contributed by atoms with Gasteiger partial charge in [-0.3, -0.25) is 14.0 Å². The minimum absolute atomic E-state index is 0.143. The zero-order valence-electron chi connectivity index (χ0n) is 19.9. The largest absolute Gasteiger partial charge is 0.379 e. The van der Waals surface area contributed by atoms with E-state index in [-0.39, 0.29) is 17.3 Å².